The average Bonchev–Trinajstić information content (AvgIpc) is 2.61. The van der Waals surface area contributed by atoms with Gasteiger partial charge in [0.05, 0.1) is 11.9 Å². The first kappa shape index (κ1) is 12.6. The third kappa shape index (κ3) is 2.78. The molecule has 0 aliphatic heterocycles. The average molecular weight is 249 g/mol. The molecule has 0 aliphatic carbocycles. The van der Waals surface area contributed by atoms with Gasteiger partial charge in [0.15, 0.2) is 6.10 Å². The lowest BCUT2D eigenvalue weighted by atomic mass is 10.4. The Morgan fingerprint density at radius 3 is 2.75 bits per heavy atom. The first-order valence-electron chi connectivity index (χ1n) is 4.25. The second-order valence-corrected chi connectivity index (χ2v) is 4.80. The maximum atomic E-state index is 11.6. The summed E-state index contributed by atoms with van der Waals surface area (Å²) in [6.07, 6.45) is -0.674. The van der Waals surface area contributed by atoms with Crippen molar-refractivity contribution in [2.75, 3.05) is 6.54 Å². The van der Waals surface area contributed by atoms with Crippen LogP contribution >= 0.6 is 0 Å². The summed E-state index contributed by atoms with van der Waals surface area (Å²) in [6.45, 7) is 0.914. The zero-order chi connectivity index (χ0) is 12.3. The second kappa shape index (κ2) is 4.60. The lowest BCUT2D eigenvalue weighted by Gasteiger charge is -2.07. The molecule has 0 aromatic carbocycles. The van der Waals surface area contributed by atoms with Crippen molar-refractivity contribution in [3.8, 4) is 0 Å². The summed E-state index contributed by atoms with van der Waals surface area (Å²) in [5.41, 5.74) is 0.331. The molecule has 1 heterocycles. The number of hydrogen-bond acceptors (Lipinski definition) is 5. The number of aromatic amines is 1. The van der Waals surface area contributed by atoms with E-state index in [1.54, 1.807) is 0 Å². The molecule has 16 heavy (non-hydrogen) atoms. The van der Waals surface area contributed by atoms with Gasteiger partial charge in [-0.2, -0.15) is 5.10 Å². The molecular weight excluding hydrogens is 238 g/mol. The van der Waals surface area contributed by atoms with Gasteiger partial charge in [-0.15, -0.1) is 0 Å². The summed E-state index contributed by atoms with van der Waals surface area (Å²) in [6, 6.07) is 0. The van der Waals surface area contributed by atoms with Gasteiger partial charge >= 0.3 is 5.97 Å². The molecule has 9 heteroatoms. The highest BCUT2D eigenvalue weighted by molar-refractivity contribution is 7.89. The molecule has 0 bridgehead atoms. The Morgan fingerprint density at radius 1 is 1.69 bits per heavy atom. The fraction of sp³-hybridized carbons (Fsp3) is 0.429. The number of aryl methyl sites for hydroxylation is 1. The van der Waals surface area contributed by atoms with Crippen LogP contribution in [-0.4, -0.2) is 47.4 Å². The van der Waals surface area contributed by atoms with E-state index in [4.69, 9.17) is 10.2 Å². The molecule has 0 radical (unpaired) electrons. The molecule has 0 fully saturated rings. The Balaban J connectivity index is 2.75. The van der Waals surface area contributed by atoms with Crippen LogP contribution in [0.25, 0.3) is 0 Å². The number of nitrogens with one attached hydrogen (secondary N) is 2. The highest BCUT2D eigenvalue weighted by Crippen LogP contribution is 2.10. The van der Waals surface area contributed by atoms with Gasteiger partial charge in [-0.1, -0.05) is 0 Å². The monoisotopic (exact) mass is 249 g/mol. The molecule has 1 atom stereocenters. The molecule has 0 saturated carbocycles. The summed E-state index contributed by atoms with van der Waals surface area (Å²) < 4.78 is 25.1. The van der Waals surface area contributed by atoms with Crippen LogP contribution in [0.1, 0.15) is 5.69 Å². The first-order valence-corrected chi connectivity index (χ1v) is 5.73. The molecular formula is C7H11N3O5S. The molecule has 4 N–H and O–H groups in total. The van der Waals surface area contributed by atoms with E-state index >= 15 is 0 Å². The van der Waals surface area contributed by atoms with Crippen LogP contribution < -0.4 is 4.72 Å². The number of H-pyrrole nitrogens is 1. The zero-order valence-electron chi connectivity index (χ0n) is 8.34. The van der Waals surface area contributed by atoms with Gasteiger partial charge in [-0.25, -0.2) is 17.9 Å². The number of aliphatic carboxylic acids is 1. The van der Waals surface area contributed by atoms with Crippen molar-refractivity contribution >= 4 is 16.0 Å². The molecule has 90 valence electrons. The molecule has 0 saturated heterocycles. The fourth-order valence-corrected chi connectivity index (χ4v) is 2.14. The van der Waals surface area contributed by atoms with Gasteiger partial charge in [0.1, 0.15) is 4.90 Å². The van der Waals surface area contributed by atoms with Gasteiger partial charge in [-0.3, -0.25) is 5.10 Å². The number of nitrogens with zero attached hydrogens (tertiary/aromatic N) is 1. The number of rotatable bonds is 5. The largest absolute Gasteiger partial charge is 0.479 e. The predicted octanol–water partition coefficient (Wildman–Crippen LogP) is -1.56. The number of aliphatic hydroxyl groups excluding tert-OH is 1. The maximum Gasteiger partial charge on any atom is 0.333 e. The molecule has 0 aliphatic rings. The van der Waals surface area contributed by atoms with Crippen molar-refractivity contribution in [1.29, 1.82) is 0 Å². The normalized spacial score (nSPS) is 13.6. The van der Waals surface area contributed by atoms with Crippen LogP contribution in [0.15, 0.2) is 11.1 Å². The highest BCUT2D eigenvalue weighted by atomic mass is 32.2. The lowest BCUT2D eigenvalue weighted by molar-refractivity contribution is -0.146. The van der Waals surface area contributed by atoms with Crippen LogP contribution in [0, 0.1) is 6.92 Å². The molecule has 1 aromatic heterocycles. The van der Waals surface area contributed by atoms with Crippen molar-refractivity contribution in [2.45, 2.75) is 17.9 Å². The first-order chi connectivity index (χ1) is 7.34. The molecule has 1 aromatic rings. The van der Waals surface area contributed by atoms with Gasteiger partial charge in [0.2, 0.25) is 10.0 Å². The standard InChI is InChI=1S/C7H11N3O5S/c1-4-6(3-8-10-4)16(14,15)9-2-5(11)7(12)13/h3,5,9,11H,2H2,1H3,(H,8,10)(H,12,13). The maximum absolute atomic E-state index is 11.6. The minimum atomic E-state index is -3.84. The van der Waals surface area contributed by atoms with Gasteiger partial charge in [0, 0.05) is 6.54 Å². The summed E-state index contributed by atoms with van der Waals surface area (Å²) in [5, 5.41) is 23.2. The van der Waals surface area contributed by atoms with Gasteiger partial charge in [-0.05, 0) is 6.92 Å². The van der Waals surface area contributed by atoms with Crippen LogP contribution in [-0.2, 0) is 14.8 Å². The van der Waals surface area contributed by atoms with E-state index in [9.17, 15) is 13.2 Å². The highest BCUT2D eigenvalue weighted by Gasteiger charge is 2.21. The minimum Gasteiger partial charge on any atom is -0.479 e. The second-order valence-electron chi connectivity index (χ2n) is 3.07. The van der Waals surface area contributed by atoms with E-state index in [0.717, 1.165) is 6.20 Å². The smallest absolute Gasteiger partial charge is 0.333 e. The van der Waals surface area contributed by atoms with Crippen molar-refractivity contribution in [3.05, 3.63) is 11.9 Å². The third-order valence-electron chi connectivity index (χ3n) is 1.82. The minimum absolute atomic E-state index is 0.0786. The molecule has 1 unspecified atom stereocenters. The summed E-state index contributed by atoms with van der Waals surface area (Å²) >= 11 is 0. The quantitative estimate of drug-likeness (QED) is 0.499. The Bertz CT molecular complexity index is 480. The summed E-state index contributed by atoms with van der Waals surface area (Å²) in [5.74, 6) is -1.49. The number of aromatic nitrogens is 2. The van der Waals surface area contributed by atoms with Crippen molar-refractivity contribution < 1.29 is 23.4 Å². The van der Waals surface area contributed by atoms with Crippen molar-refractivity contribution in [2.24, 2.45) is 0 Å². The predicted molar refractivity (Wildman–Crippen MR) is 52.2 cm³/mol. The van der Waals surface area contributed by atoms with Crippen LogP contribution in [0.2, 0.25) is 0 Å². The Hall–Kier alpha value is -1.45. The van der Waals surface area contributed by atoms with Gasteiger partial charge in [0.25, 0.3) is 0 Å². The Kier molecular flexibility index (Phi) is 3.62. The molecule has 1 rings (SSSR count). The van der Waals surface area contributed by atoms with Crippen LogP contribution in [0.4, 0.5) is 0 Å². The Morgan fingerprint density at radius 2 is 2.31 bits per heavy atom. The van der Waals surface area contributed by atoms with Crippen molar-refractivity contribution in [3.63, 3.8) is 0 Å². The molecule has 0 spiro atoms. The van der Waals surface area contributed by atoms with E-state index in [-0.39, 0.29) is 4.90 Å². The fourth-order valence-electron chi connectivity index (χ4n) is 0.964. The SMILES string of the molecule is Cc1[nH]ncc1S(=O)(=O)NCC(O)C(=O)O. The summed E-state index contributed by atoms with van der Waals surface area (Å²) in [7, 11) is -3.84. The molecule has 0 amide bonds. The van der Waals surface area contributed by atoms with E-state index in [1.807, 2.05) is 4.72 Å². The van der Waals surface area contributed by atoms with E-state index in [1.165, 1.54) is 6.92 Å². The zero-order valence-corrected chi connectivity index (χ0v) is 9.15. The molecule has 8 nitrogen and oxygen atoms in total. The number of carbonyl (C=O) groups is 1. The number of carboxylic acid groups (broad SMARTS) is 1. The number of sulfonamides is 1. The third-order valence-corrected chi connectivity index (χ3v) is 3.36. The topological polar surface area (TPSA) is 132 Å². The number of carboxylic acids is 1. The van der Waals surface area contributed by atoms with E-state index < -0.39 is 28.6 Å². The summed E-state index contributed by atoms with van der Waals surface area (Å²) in [4.78, 5) is 10.2. The van der Waals surface area contributed by atoms with Gasteiger partial charge < -0.3 is 10.2 Å². The van der Waals surface area contributed by atoms with Crippen LogP contribution in [0.5, 0.6) is 0 Å². The Labute approximate surface area is 91.3 Å². The number of hydrogen-bond donors (Lipinski definition) is 4. The lowest BCUT2D eigenvalue weighted by Crippen LogP contribution is -2.36. The van der Waals surface area contributed by atoms with Crippen LogP contribution in [0.3, 0.4) is 0 Å². The van der Waals surface area contributed by atoms with Crippen molar-refractivity contribution in [1.82, 2.24) is 14.9 Å². The van der Waals surface area contributed by atoms with E-state index in [2.05, 4.69) is 10.2 Å². The van der Waals surface area contributed by atoms with E-state index in [0.29, 0.717) is 5.69 Å². The number of aliphatic hydroxyl groups is 1.